The van der Waals surface area contributed by atoms with Crippen molar-refractivity contribution >= 4 is 11.8 Å². The highest BCUT2D eigenvalue weighted by molar-refractivity contribution is 5.88. The molecule has 0 aliphatic carbocycles. The van der Waals surface area contributed by atoms with Crippen molar-refractivity contribution < 1.29 is 19.3 Å². The summed E-state index contributed by atoms with van der Waals surface area (Å²) in [5.41, 5.74) is 7.85. The molecule has 2 aromatic rings. The zero-order chi connectivity index (χ0) is 16.7. The van der Waals surface area contributed by atoms with Crippen LogP contribution in [0.3, 0.4) is 0 Å². The van der Waals surface area contributed by atoms with Crippen molar-refractivity contribution in [1.29, 1.82) is 0 Å². The minimum absolute atomic E-state index is 0.0221. The fraction of sp³-hybridized carbons (Fsp3) is 0.333. The lowest BCUT2D eigenvalue weighted by molar-refractivity contribution is -0.129. The van der Waals surface area contributed by atoms with Gasteiger partial charge >= 0.3 is 0 Å². The van der Waals surface area contributed by atoms with E-state index < -0.39 is 17.7 Å². The quantitative estimate of drug-likeness (QED) is 0.494. The Kier molecular flexibility index (Phi) is 5.81. The fourth-order valence-corrected chi connectivity index (χ4v) is 2.28. The second kappa shape index (κ2) is 8.04. The molecule has 0 aliphatic rings. The van der Waals surface area contributed by atoms with Gasteiger partial charge in [0.15, 0.2) is 0 Å². The van der Waals surface area contributed by atoms with E-state index in [9.17, 15) is 9.59 Å². The van der Waals surface area contributed by atoms with Crippen LogP contribution in [0.15, 0.2) is 34.9 Å². The molecule has 0 saturated carbocycles. The van der Waals surface area contributed by atoms with E-state index in [0.717, 1.165) is 12.8 Å². The maximum atomic E-state index is 11.4. The van der Waals surface area contributed by atoms with Crippen LogP contribution in [0.2, 0.25) is 0 Å². The van der Waals surface area contributed by atoms with Gasteiger partial charge < -0.3 is 10.3 Å². The summed E-state index contributed by atoms with van der Waals surface area (Å²) in [5, 5.41) is 12.2. The van der Waals surface area contributed by atoms with Gasteiger partial charge in [-0.05, 0) is 24.8 Å². The number of benzene rings is 1. The highest BCUT2D eigenvalue weighted by Gasteiger charge is 2.23. The van der Waals surface area contributed by atoms with Crippen LogP contribution in [-0.2, 0) is 11.2 Å². The molecule has 1 atom stereocenters. The number of rotatable bonds is 8. The molecule has 1 heterocycles. The molecule has 0 fully saturated rings. The van der Waals surface area contributed by atoms with E-state index in [2.05, 4.69) is 10.1 Å². The monoisotopic (exact) mass is 318 g/mol. The number of primary amides is 1. The second-order valence-electron chi connectivity index (χ2n) is 5.13. The fourth-order valence-electron chi connectivity index (χ4n) is 2.28. The maximum absolute atomic E-state index is 11.4. The van der Waals surface area contributed by atoms with Crippen LogP contribution < -0.4 is 11.2 Å². The third kappa shape index (κ3) is 4.89. The first kappa shape index (κ1) is 16.6. The molecule has 0 spiro atoms. The molecule has 1 aromatic carbocycles. The minimum atomic E-state index is -0.797. The first-order valence-electron chi connectivity index (χ1n) is 7.20. The summed E-state index contributed by atoms with van der Waals surface area (Å²) in [7, 11) is 0. The van der Waals surface area contributed by atoms with E-state index >= 15 is 0 Å². The topological polar surface area (TPSA) is 131 Å². The Morgan fingerprint density at radius 3 is 2.65 bits per heavy atom. The van der Waals surface area contributed by atoms with E-state index in [0.29, 0.717) is 6.42 Å². The standard InChI is InChI=1S/C15H18N4O4/c16-13(21)14-17-15(23-19-14)11(9-12(20)18-22)8-4-7-10-5-2-1-3-6-10/h1-3,5-6,11,22H,4,7-9H2,(H2,16,21)(H,18,20). The first-order valence-corrected chi connectivity index (χ1v) is 7.20. The van der Waals surface area contributed by atoms with Gasteiger partial charge in [-0.2, -0.15) is 4.98 Å². The van der Waals surface area contributed by atoms with Crippen LogP contribution in [0.25, 0.3) is 0 Å². The van der Waals surface area contributed by atoms with Gasteiger partial charge in [0.05, 0.1) is 0 Å². The summed E-state index contributed by atoms with van der Waals surface area (Å²) in [4.78, 5) is 26.4. The Hall–Kier alpha value is -2.74. The number of carbonyl (C=O) groups excluding carboxylic acids is 2. The lowest BCUT2D eigenvalue weighted by Crippen LogP contribution is -2.21. The molecule has 0 saturated heterocycles. The zero-order valence-electron chi connectivity index (χ0n) is 12.4. The number of aromatic nitrogens is 2. The third-order valence-electron chi connectivity index (χ3n) is 3.43. The average Bonchev–Trinajstić information content (AvgIpc) is 3.05. The highest BCUT2D eigenvalue weighted by atomic mass is 16.5. The molecule has 4 N–H and O–H groups in total. The van der Waals surface area contributed by atoms with E-state index in [4.69, 9.17) is 15.5 Å². The van der Waals surface area contributed by atoms with E-state index in [1.165, 1.54) is 5.56 Å². The van der Waals surface area contributed by atoms with Gasteiger partial charge in [-0.1, -0.05) is 35.5 Å². The molecule has 0 bridgehead atoms. The molecule has 122 valence electrons. The molecule has 23 heavy (non-hydrogen) atoms. The normalized spacial score (nSPS) is 11.9. The van der Waals surface area contributed by atoms with Gasteiger partial charge in [0.25, 0.3) is 11.7 Å². The van der Waals surface area contributed by atoms with Gasteiger partial charge in [-0.15, -0.1) is 0 Å². The summed E-state index contributed by atoms with van der Waals surface area (Å²) < 4.78 is 5.01. The molecular weight excluding hydrogens is 300 g/mol. The van der Waals surface area contributed by atoms with Crippen LogP contribution in [0.4, 0.5) is 0 Å². The zero-order valence-corrected chi connectivity index (χ0v) is 12.4. The summed E-state index contributed by atoms with van der Waals surface area (Å²) in [6, 6.07) is 9.91. The number of amides is 2. The number of carbonyl (C=O) groups is 2. The van der Waals surface area contributed by atoms with Crippen LogP contribution in [-0.4, -0.2) is 27.2 Å². The largest absolute Gasteiger partial charge is 0.363 e. The van der Waals surface area contributed by atoms with Gasteiger partial charge in [-0.3, -0.25) is 14.8 Å². The van der Waals surface area contributed by atoms with Crippen molar-refractivity contribution in [3.63, 3.8) is 0 Å². The molecule has 1 unspecified atom stereocenters. The molecule has 2 amide bonds. The van der Waals surface area contributed by atoms with Gasteiger partial charge in [0.2, 0.25) is 11.8 Å². The molecular formula is C15H18N4O4. The Morgan fingerprint density at radius 2 is 2.04 bits per heavy atom. The van der Waals surface area contributed by atoms with Crippen molar-refractivity contribution in [2.75, 3.05) is 0 Å². The Morgan fingerprint density at radius 1 is 1.30 bits per heavy atom. The summed E-state index contributed by atoms with van der Waals surface area (Å²) in [6.07, 6.45) is 2.17. The van der Waals surface area contributed by atoms with E-state index in [1.807, 2.05) is 30.3 Å². The number of hydrogen-bond donors (Lipinski definition) is 3. The van der Waals surface area contributed by atoms with Crippen molar-refractivity contribution in [3.05, 3.63) is 47.6 Å². The second-order valence-corrected chi connectivity index (χ2v) is 5.13. The average molecular weight is 318 g/mol. The lowest BCUT2D eigenvalue weighted by Gasteiger charge is -2.11. The SMILES string of the molecule is NC(=O)c1noc(C(CCCc2ccccc2)CC(=O)NO)n1. The molecule has 8 heteroatoms. The van der Waals surface area contributed by atoms with Gasteiger partial charge in [0, 0.05) is 12.3 Å². The summed E-state index contributed by atoms with van der Waals surface area (Å²) in [5.74, 6) is -1.82. The minimum Gasteiger partial charge on any atom is -0.363 e. The van der Waals surface area contributed by atoms with E-state index in [1.54, 1.807) is 5.48 Å². The number of aryl methyl sites for hydroxylation is 1. The molecule has 0 radical (unpaired) electrons. The first-order chi connectivity index (χ1) is 11.1. The predicted octanol–water partition coefficient (Wildman–Crippen LogP) is 1.17. The third-order valence-corrected chi connectivity index (χ3v) is 3.43. The van der Waals surface area contributed by atoms with Crippen molar-refractivity contribution in [3.8, 4) is 0 Å². The van der Waals surface area contributed by atoms with Crippen molar-refractivity contribution in [2.45, 2.75) is 31.6 Å². The number of hydroxylamine groups is 1. The van der Waals surface area contributed by atoms with Gasteiger partial charge in [-0.25, -0.2) is 5.48 Å². The van der Waals surface area contributed by atoms with Crippen LogP contribution >= 0.6 is 0 Å². The van der Waals surface area contributed by atoms with Gasteiger partial charge in [0.1, 0.15) is 0 Å². The predicted molar refractivity (Wildman–Crippen MR) is 79.5 cm³/mol. The number of hydrogen-bond acceptors (Lipinski definition) is 6. The Balaban J connectivity index is 2.01. The molecule has 2 rings (SSSR count). The summed E-state index contributed by atoms with van der Waals surface area (Å²) >= 11 is 0. The molecule has 8 nitrogen and oxygen atoms in total. The van der Waals surface area contributed by atoms with Crippen LogP contribution in [0.1, 0.15) is 47.3 Å². The molecule has 1 aromatic heterocycles. The van der Waals surface area contributed by atoms with E-state index in [-0.39, 0.29) is 18.1 Å². The molecule has 0 aliphatic heterocycles. The van der Waals surface area contributed by atoms with Crippen LogP contribution in [0.5, 0.6) is 0 Å². The Bertz CT molecular complexity index is 657. The number of nitrogens with zero attached hydrogens (tertiary/aromatic N) is 2. The van der Waals surface area contributed by atoms with Crippen molar-refractivity contribution in [1.82, 2.24) is 15.6 Å². The summed E-state index contributed by atoms with van der Waals surface area (Å²) in [6.45, 7) is 0. The number of nitrogens with one attached hydrogen (secondary N) is 1. The van der Waals surface area contributed by atoms with Crippen LogP contribution in [0, 0.1) is 0 Å². The van der Waals surface area contributed by atoms with Crippen molar-refractivity contribution in [2.24, 2.45) is 5.73 Å². The number of nitrogens with two attached hydrogens (primary N) is 1. The lowest BCUT2D eigenvalue weighted by atomic mass is 9.96. The highest BCUT2D eigenvalue weighted by Crippen LogP contribution is 2.24. The smallest absolute Gasteiger partial charge is 0.290 e. The Labute approximate surface area is 132 Å². The maximum Gasteiger partial charge on any atom is 0.290 e.